The summed E-state index contributed by atoms with van der Waals surface area (Å²) in [4.78, 5) is 14.9. The van der Waals surface area contributed by atoms with E-state index in [-0.39, 0.29) is 5.91 Å². The van der Waals surface area contributed by atoms with E-state index in [1.165, 1.54) is 38.8 Å². The first-order valence-corrected chi connectivity index (χ1v) is 10.2. The lowest BCUT2D eigenvalue weighted by Crippen LogP contribution is -2.38. The molecule has 1 aliphatic heterocycles. The van der Waals surface area contributed by atoms with Gasteiger partial charge in [0.05, 0.1) is 0 Å². The Bertz CT molecular complexity index is 563. The van der Waals surface area contributed by atoms with Crippen molar-refractivity contribution in [2.24, 2.45) is 0 Å². The fraction of sp³-hybridized carbons (Fsp3) is 0.682. The number of carbonyl (C=O) groups is 1. The summed E-state index contributed by atoms with van der Waals surface area (Å²) in [5, 5.41) is 3.03. The Kier molecular flexibility index (Phi) is 8.43. The number of hydrogen-bond donors (Lipinski definition) is 1. The topological polar surface area (TPSA) is 41.6 Å². The zero-order chi connectivity index (χ0) is 18.9. The second-order valence-corrected chi connectivity index (χ2v) is 7.86. The number of benzene rings is 1. The summed E-state index contributed by atoms with van der Waals surface area (Å²) in [6.45, 7) is 12.4. The molecule has 0 spiro atoms. The Morgan fingerprint density at radius 2 is 1.85 bits per heavy atom. The Morgan fingerprint density at radius 3 is 2.50 bits per heavy atom. The smallest absolute Gasteiger partial charge is 0.260 e. The first-order chi connectivity index (χ1) is 12.5. The molecular weight excluding hydrogens is 324 g/mol. The van der Waals surface area contributed by atoms with Crippen LogP contribution in [-0.2, 0) is 4.79 Å². The Labute approximate surface area is 159 Å². The largest absolute Gasteiger partial charge is 0.481 e. The van der Waals surface area contributed by atoms with Crippen LogP contribution < -0.4 is 10.1 Å². The normalized spacial score (nSPS) is 17.0. The van der Waals surface area contributed by atoms with Gasteiger partial charge in [-0.3, -0.25) is 4.79 Å². The molecule has 1 fully saturated rings. The average molecular weight is 361 g/mol. The predicted molar refractivity (Wildman–Crippen MR) is 108 cm³/mol. The summed E-state index contributed by atoms with van der Waals surface area (Å²) < 4.78 is 5.99. The van der Waals surface area contributed by atoms with Crippen LogP contribution in [0.2, 0.25) is 0 Å². The third-order valence-corrected chi connectivity index (χ3v) is 5.11. The summed E-state index contributed by atoms with van der Waals surface area (Å²) in [6, 6.07) is 6.22. The molecule has 1 aromatic rings. The second-order valence-electron chi connectivity index (χ2n) is 7.86. The van der Waals surface area contributed by atoms with Gasteiger partial charge in [0.2, 0.25) is 0 Å². The summed E-state index contributed by atoms with van der Waals surface area (Å²) in [5.41, 5.74) is 2.30. The number of rotatable bonds is 8. The maximum Gasteiger partial charge on any atom is 0.260 e. The molecule has 0 radical (unpaired) electrons. The first kappa shape index (κ1) is 20.8. The van der Waals surface area contributed by atoms with Gasteiger partial charge >= 0.3 is 0 Å². The van der Waals surface area contributed by atoms with Crippen molar-refractivity contribution in [2.45, 2.75) is 71.8 Å². The molecule has 1 amide bonds. The van der Waals surface area contributed by atoms with Gasteiger partial charge in [-0.15, -0.1) is 0 Å². The molecule has 1 heterocycles. The molecule has 4 nitrogen and oxygen atoms in total. The minimum Gasteiger partial charge on any atom is -0.481 e. The van der Waals surface area contributed by atoms with E-state index in [4.69, 9.17) is 4.74 Å². The van der Waals surface area contributed by atoms with Gasteiger partial charge in [-0.05, 0) is 75.9 Å². The predicted octanol–water partition coefficient (Wildman–Crippen LogP) is 4.27. The van der Waals surface area contributed by atoms with Gasteiger partial charge in [-0.25, -0.2) is 0 Å². The highest BCUT2D eigenvalue weighted by Gasteiger charge is 2.17. The van der Waals surface area contributed by atoms with Crippen LogP contribution >= 0.6 is 0 Å². The molecule has 0 saturated carbocycles. The SMILES string of the molecule is Cc1ccc(C(C)C)c(O[C@H](C)C(=O)NCCCN2CCCCCC2)c1. The third kappa shape index (κ3) is 6.64. The Morgan fingerprint density at radius 1 is 1.15 bits per heavy atom. The van der Waals surface area contributed by atoms with Crippen molar-refractivity contribution in [3.05, 3.63) is 29.3 Å². The Hall–Kier alpha value is -1.55. The lowest BCUT2D eigenvalue weighted by Gasteiger charge is -2.21. The molecule has 0 aromatic heterocycles. The number of nitrogens with zero attached hydrogens (tertiary/aromatic N) is 1. The van der Waals surface area contributed by atoms with Gasteiger partial charge in [0, 0.05) is 6.54 Å². The molecule has 1 atom stereocenters. The summed E-state index contributed by atoms with van der Waals surface area (Å²) >= 11 is 0. The van der Waals surface area contributed by atoms with E-state index in [0.29, 0.717) is 12.5 Å². The van der Waals surface area contributed by atoms with Crippen molar-refractivity contribution in [1.29, 1.82) is 0 Å². The van der Waals surface area contributed by atoms with Crippen molar-refractivity contribution in [1.82, 2.24) is 10.2 Å². The standard InChI is InChI=1S/C22H36N2O2/c1-17(2)20-11-10-18(3)16-21(20)26-19(4)22(25)23-12-9-15-24-13-7-5-6-8-14-24/h10-11,16-17,19H,5-9,12-15H2,1-4H3,(H,23,25)/t19-/m1/s1. The molecule has 1 aliphatic rings. The second kappa shape index (κ2) is 10.6. The average Bonchev–Trinajstić information content (AvgIpc) is 2.87. The van der Waals surface area contributed by atoms with Gasteiger partial charge < -0.3 is 15.0 Å². The molecule has 1 aromatic carbocycles. The zero-order valence-corrected chi connectivity index (χ0v) is 17.0. The molecule has 4 heteroatoms. The number of nitrogens with one attached hydrogen (secondary N) is 1. The quantitative estimate of drug-likeness (QED) is 0.704. The molecule has 1 N–H and O–H groups in total. The molecular formula is C22H36N2O2. The lowest BCUT2D eigenvalue weighted by molar-refractivity contribution is -0.127. The first-order valence-electron chi connectivity index (χ1n) is 10.2. The third-order valence-electron chi connectivity index (χ3n) is 5.11. The van der Waals surface area contributed by atoms with Crippen LogP contribution in [0.3, 0.4) is 0 Å². The molecule has 1 saturated heterocycles. The molecule has 0 aliphatic carbocycles. The van der Waals surface area contributed by atoms with Gasteiger partial charge in [0.15, 0.2) is 6.10 Å². The van der Waals surface area contributed by atoms with E-state index in [1.54, 1.807) is 0 Å². The molecule has 0 unspecified atom stereocenters. The van der Waals surface area contributed by atoms with Crippen LogP contribution in [0.15, 0.2) is 18.2 Å². The van der Waals surface area contributed by atoms with Crippen molar-refractivity contribution >= 4 is 5.91 Å². The van der Waals surface area contributed by atoms with Gasteiger partial charge in [-0.1, -0.05) is 38.8 Å². The van der Waals surface area contributed by atoms with Crippen LogP contribution in [0.4, 0.5) is 0 Å². The van der Waals surface area contributed by atoms with Crippen LogP contribution in [-0.4, -0.2) is 43.1 Å². The van der Waals surface area contributed by atoms with Crippen molar-refractivity contribution in [2.75, 3.05) is 26.2 Å². The summed E-state index contributed by atoms with van der Waals surface area (Å²) in [5.74, 6) is 1.17. The van der Waals surface area contributed by atoms with E-state index in [9.17, 15) is 4.79 Å². The highest BCUT2D eigenvalue weighted by atomic mass is 16.5. The number of likely N-dealkylation sites (tertiary alicyclic amines) is 1. The van der Waals surface area contributed by atoms with Crippen LogP contribution in [0.1, 0.15) is 69.9 Å². The Balaban J connectivity index is 1.76. The number of aryl methyl sites for hydroxylation is 1. The summed E-state index contributed by atoms with van der Waals surface area (Å²) in [6.07, 6.45) is 5.86. The highest BCUT2D eigenvalue weighted by molar-refractivity contribution is 5.80. The minimum absolute atomic E-state index is 0.0305. The summed E-state index contributed by atoms with van der Waals surface area (Å²) in [7, 11) is 0. The van der Waals surface area contributed by atoms with Gasteiger partial charge in [-0.2, -0.15) is 0 Å². The van der Waals surface area contributed by atoms with E-state index < -0.39 is 6.10 Å². The fourth-order valence-corrected chi connectivity index (χ4v) is 3.48. The van der Waals surface area contributed by atoms with Crippen LogP contribution in [0.25, 0.3) is 0 Å². The number of amides is 1. The maximum atomic E-state index is 12.4. The fourth-order valence-electron chi connectivity index (χ4n) is 3.48. The van der Waals surface area contributed by atoms with E-state index in [0.717, 1.165) is 29.8 Å². The number of hydrogen-bond acceptors (Lipinski definition) is 3. The van der Waals surface area contributed by atoms with E-state index in [2.05, 4.69) is 36.2 Å². The minimum atomic E-state index is -0.479. The van der Waals surface area contributed by atoms with Gasteiger partial charge in [0.25, 0.3) is 5.91 Å². The zero-order valence-electron chi connectivity index (χ0n) is 17.0. The van der Waals surface area contributed by atoms with E-state index >= 15 is 0 Å². The molecule has 146 valence electrons. The molecule has 0 bridgehead atoms. The van der Waals surface area contributed by atoms with E-state index in [1.807, 2.05) is 19.9 Å². The number of carbonyl (C=O) groups excluding carboxylic acids is 1. The van der Waals surface area contributed by atoms with Crippen molar-refractivity contribution in [3.63, 3.8) is 0 Å². The lowest BCUT2D eigenvalue weighted by atomic mass is 10.0. The monoisotopic (exact) mass is 360 g/mol. The van der Waals surface area contributed by atoms with Crippen LogP contribution in [0, 0.1) is 6.92 Å². The molecule has 2 rings (SSSR count). The number of ether oxygens (including phenoxy) is 1. The molecule has 26 heavy (non-hydrogen) atoms. The van der Waals surface area contributed by atoms with Crippen molar-refractivity contribution in [3.8, 4) is 5.75 Å². The van der Waals surface area contributed by atoms with Crippen molar-refractivity contribution < 1.29 is 9.53 Å². The van der Waals surface area contributed by atoms with Crippen LogP contribution in [0.5, 0.6) is 5.75 Å². The van der Waals surface area contributed by atoms with Gasteiger partial charge in [0.1, 0.15) is 5.75 Å². The maximum absolute atomic E-state index is 12.4. The highest BCUT2D eigenvalue weighted by Crippen LogP contribution is 2.28.